The summed E-state index contributed by atoms with van der Waals surface area (Å²) in [4.78, 5) is 23.5. The van der Waals surface area contributed by atoms with Gasteiger partial charge in [-0.3, -0.25) is 4.79 Å². The molecule has 17 heavy (non-hydrogen) atoms. The maximum atomic E-state index is 11.7. The maximum absolute atomic E-state index is 11.7. The van der Waals surface area contributed by atoms with E-state index in [0.717, 1.165) is 10.5 Å². The van der Waals surface area contributed by atoms with Crippen molar-refractivity contribution in [3.63, 3.8) is 0 Å². The maximum Gasteiger partial charge on any atom is 0.338 e. The number of ketones is 1. The van der Waals surface area contributed by atoms with Crippen molar-refractivity contribution in [1.29, 1.82) is 0 Å². The van der Waals surface area contributed by atoms with E-state index in [4.69, 9.17) is 4.74 Å². The smallest absolute Gasteiger partial charge is 0.338 e. The van der Waals surface area contributed by atoms with Crippen LogP contribution < -0.4 is 0 Å². The number of Topliss-reactive ketones (excluding diaryl/α,β-unsaturated/α-hetero) is 1. The molecule has 1 aromatic rings. The number of carbonyl (C=O) groups excluding carboxylic acids is 2. The molecular weight excluding hydrogens is 236 g/mol. The minimum Gasteiger partial charge on any atom is -0.462 e. The first-order chi connectivity index (χ1) is 8.06. The molecule has 0 aromatic heterocycles. The number of thioether (sulfide) groups is 1. The summed E-state index contributed by atoms with van der Waals surface area (Å²) < 4.78 is 4.97. The molecule has 0 spiro atoms. The second-order valence-electron chi connectivity index (χ2n) is 3.64. The van der Waals surface area contributed by atoms with E-state index in [-0.39, 0.29) is 11.8 Å². The van der Waals surface area contributed by atoms with Gasteiger partial charge in [0.05, 0.1) is 17.9 Å². The molecule has 4 heteroatoms. The highest BCUT2D eigenvalue weighted by molar-refractivity contribution is 8.00. The van der Waals surface area contributed by atoms with E-state index in [0.29, 0.717) is 17.9 Å². The first kappa shape index (κ1) is 13.8. The van der Waals surface area contributed by atoms with Gasteiger partial charge in [-0.2, -0.15) is 0 Å². The van der Waals surface area contributed by atoms with Crippen LogP contribution in [0, 0.1) is 6.92 Å². The molecule has 92 valence electrons. The Balaban J connectivity index is 2.90. The second-order valence-corrected chi connectivity index (χ2v) is 4.66. The predicted octanol–water partition coefficient (Wildman–Crippen LogP) is 2.85. The molecule has 0 aliphatic rings. The van der Waals surface area contributed by atoms with Crippen LogP contribution >= 0.6 is 11.8 Å². The van der Waals surface area contributed by atoms with Gasteiger partial charge in [0.2, 0.25) is 0 Å². The minimum absolute atomic E-state index is 0.121. The van der Waals surface area contributed by atoms with Crippen molar-refractivity contribution in [3.05, 3.63) is 29.3 Å². The molecule has 1 rings (SSSR count). The average Bonchev–Trinajstić information content (AvgIpc) is 2.27. The molecule has 0 aliphatic heterocycles. The van der Waals surface area contributed by atoms with E-state index in [1.807, 2.05) is 19.1 Å². The van der Waals surface area contributed by atoms with Crippen LogP contribution in [-0.4, -0.2) is 24.1 Å². The highest BCUT2D eigenvalue weighted by Gasteiger charge is 2.12. The molecule has 1 aromatic carbocycles. The van der Waals surface area contributed by atoms with Crippen molar-refractivity contribution in [3.8, 4) is 0 Å². The summed E-state index contributed by atoms with van der Waals surface area (Å²) in [5.74, 6) is 0.235. The van der Waals surface area contributed by atoms with E-state index >= 15 is 0 Å². The van der Waals surface area contributed by atoms with Crippen LogP contribution in [0.3, 0.4) is 0 Å². The van der Waals surface area contributed by atoms with Gasteiger partial charge in [-0.05, 0) is 38.5 Å². The summed E-state index contributed by atoms with van der Waals surface area (Å²) in [6, 6.07) is 5.46. The molecule has 0 amide bonds. The topological polar surface area (TPSA) is 43.4 Å². The molecule has 3 nitrogen and oxygen atoms in total. The standard InChI is InChI=1S/C13H16O3S/c1-4-16-13(15)11-6-5-7-12(10(11)3)17-8-9(2)14/h5-7H,4,8H2,1-3H3. The molecule has 0 atom stereocenters. The van der Waals surface area contributed by atoms with Gasteiger partial charge >= 0.3 is 5.97 Å². The highest BCUT2D eigenvalue weighted by Crippen LogP contribution is 2.25. The van der Waals surface area contributed by atoms with Crippen molar-refractivity contribution >= 4 is 23.5 Å². The molecular formula is C13H16O3S. The zero-order chi connectivity index (χ0) is 12.8. The molecule has 0 heterocycles. The molecule has 0 fully saturated rings. The largest absolute Gasteiger partial charge is 0.462 e. The number of ether oxygens (including phenoxy) is 1. The molecule has 0 radical (unpaired) electrons. The summed E-state index contributed by atoms with van der Waals surface area (Å²) in [7, 11) is 0. The third kappa shape index (κ3) is 3.89. The van der Waals surface area contributed by atoms with Gasteiger partial charge < -0.3 is 4.74 Å². The molecule has 0 saturated heterocycles. The Labute approximate surface area is 106 Å². The Kier molecular flexibility index (Phi) is 5.22. The SMILES string of the molecule is CCOC(=O)c1cccc(SCC(C)=O)c1C. The Hall–Kier alpha value is -1.29. The summed E-state index contributed by atoms with van der Waals surface area (Å²) in [5, 5.41) is 0. The van der Waals surface area contributed by atoms with E-state index in [2.05, 4.69) is 0 Å². The number of benzene rings is 1. The third-order valence-corrected chi connectivity index (χ3v) is 3.51. The Bertz CT molecular complexity index is 427. The fourth-order valence-electron chi connectivity index (χ4n) is 1.38. The lowest BCUT2D eigenvalue weighted by Crippen LogP contribution is -2.07. The van der Waals surface area contributed by atoms with Crippen LogP contribution in [0.5, 0.6) is 0 Å². The van der Waals surface area contributed by atoms with Gasteiger partial charge in [-0.1, -0.05) is 6.07 Å². The highest BCUT2D eigenvalue weighted by atomic mass is 32.2. The molecule has 0 unspecified atom stereocenters. The van der Waals surface area contributed by atoms with Gasteiger partial charge in [0.1, 0.15) is 5.78 Å². The number of carbonyl (C=O) groups is 2. The van der Waals surface area contributed by atoms with Crippen LogP contribution in [0.15, 0.2) is 23.1 Å². The summed E-state index contributed by atoms with van der Waals surface area (Å²) in [5.41, 5.74) is 1.44. The van der Waals surface area contributed by atoms with Crippen LogP contribution in [-0.2, 0) is 9.53 Å². The van der Waals surface area contributed by atoms with Gasteiger partial charge in [0, 0.05) is 4.90 Å². The summed E-state index contributed by atoms with van der Waals surface area (Å²) >= 11 is 1.45. The van der Waals surface area contributed by atoms with Gasteiger partial charge in [0.15, 0.2) is 0 Å². The minimum atomic E-state index is -0.310. The van der Waals surface area contributed by atoms with Gasteiger partial charge in [0.25, 0.3) is 0 Å². The fourth-order valence-corrected chi connectivity index (χ4v) is 2.24. The lowest BCUT2D eigenvalue weighted by atomic mass is 10.1. The first-order valence-electron chi connectivity index (χ1n) is 5.45. The first-order valence-corrected chi connectivity index (χ1v) is 6.43. The number of hydrogen-bond donors (Lipinski definition) is 0. The van der Waals surface area contributed by atoms with Crippen molar-refractivity contribution in [2.45, 2.75) is 25.7 Å². The number of rotatable bonds is 5. The van der Waals surface area contributed by atoms with Crippen LogP contribution in [0.25, 0.3) is 0 Å². The summed E-state index contributed by atoms with van der Waals surface area (Å²) in [6.45, 7) is 5.57. The number of hydrogen-bond acceptors (Lipinski definition) is 4. The summed E-state index contributed by atoms with van der Waals surface area (Å²) in [6.07, 6.45) is 0. The van der Waals surface area contributed by atoms with Gasteiger partial charge in [-0.15, -0.1) is 11.8 Å². The third-order valence-electron chi connectivity index (χ3n) is 2.21. The van der Waals surface area contributed by atoms with Gasteiger partial charge in [-0.25, -0.2) is 4.79 Å². The average molecular weight is 252 g/mol. The van der Waals surface area contributed by atoms with Crippen LogP contribution in [0.1, 0.15) is 29.8 Å². The predicted molar refractivity (Wildman–Crippen MR) is 68.5 cm³/mol. The monoisotopic (exact) mass is 252 g/mol. The molecule has 0 saturated carbocycles. The van der Waals surface area contributed by atoms with Crippen LogP contribution in [0.2, 0.25) is 0 Å². The van der Waals surface area contributed by atoms with E-state index in [1.165, 1.54) is 11.8 Å². The van der Waals surface area contributed by atoms with E-state index < -0.39 is 0 Å². The normalized spacial score (nSPS) is 10.1. The number of esters is 1. The Morgan fingerprint density at radius 3 is 2.65 bits per heavy atom. The fraction of sp³-hybridized carbons (Fsp3) is 0.385. The Morgan fingerprint density at radius 1 is 1.35 bits per heavy atom. The zero-order valence-corrected chi connectivity index (χ0v) is 11.1. The lowest BCUT2D eigenvalue weighted by molar-refractivity contribution is -0.114. The van der Waals surface area contributed by atoms with Crippen molar-refractivity contribution in [2.75, 3.05) is 12.4 Å². The van der Waals surface area contributed by atoms with E-state index in [9.17, 15) is 9.59 Å². The molecule has 0 bridgehead atoms. The zero-order valence-electron chi connectivity index (χ0n) is 10.3. The lowest BCUT2D eigenvalue weighted by Gasteiger charge is -2.09. The van der Waals surface area contributed by atoms with Crippen molar-refractivity contribution in [2.24, 2.45) is 0 Å². The van der Waals surface area contributed by atoms with Crippen molar-refractivity contribution in [1.82, 2.24) is 0 Å². The van der Waals surface area contributed by atoms with Crippen molar-refractivity contribution < 1.29 is 14.3 Å². The molecule has 0 aliphatic carbocycles. The van der Waals surface area contributed by atoms with Crippen LogP contribution in [0.4, 0.5) is 0 Å². The molecule has 0 N–H and O–H groups in total. The van der Waals surface area contributed by atoms with E-state index in [1.54, 1.807) is 19.9 Å². The Morgan fingerprint density at radius 2 is 2.06 bits per heavy atom. The second kappa shape index (κ2) is 6.45. The quantitative estimate of drug-likeness (QED) is 0.597.